The fraction of sp³-hybridized carbons (Fsp3) is 0.353. The van der Waals surface area contributed by atoms with E-state index in [2.05, 4.69) is 15.3 Å². The van der Waals surface area contributed by atoms with Gasteiger partial charge in [-0.3, -0.25) is 4.79 Å². The van der Waals surface area contributed by atoms with E-state index >= 15 is 0 Å². The number of piperidine rings is 1. The number of aromatic nitrogens is 2. The molecule has 26 heavy (non-hydrogen) atoms. The predicted octanol–water partition coefficient (Wildman–Crippen LogP) is 2.21. The van der Waals surface area contributed by atoms with E-state index in [0.29, 0.717) is 43.0 Å². The summed E-state index contributed by atoms with van der Waals surface area (Å²) in [6.07, 6.45) is 4.86. The van der Waals surface area contributed by atoms with Crippen molar-refractivity contribution in [1.82, 2.24) is 14.3 Å². The summed E-state index contributed by atoms with van der Waals surface area (Å²) in [5.41, 5.74) is 0.945. The van der Waals surface area contributed by atoms with Crippen LogP contribution in [0.5, 0.6) is 0 Å². The number of nitrogens with zero attached hydrogens (tertiary/aromatic N) is 3. The number of Topliss-reactive ketones (excluding diaryl/α,β-unsaturated/α-hetero) is 1. The van der Waals surface area contributed by atoms with Crippen LogP contribution in [0.4, 0.5) is 15.9 Å². The van der Waals surface area contributed by atoms with Crippen molar-refractivity contribution in [2.45, 2.75) is 12.8 Å². The number of halogens is 1. The Morgan fingerprint density at radius 1 is 1.23 bits per heavy atom. The van der Waals surface area contributed by atoms with Crippen LogP contribution in [0.2, 0.25) is 0 Å². The molecule has 0 spiro atoms. The zero-order valence-electron chi connectivity index (χ0n) is 14.2. The molecule has 0 radical (unpaired) electrons. The maximum absolute atomic E-state index is 13.0. The summed E-state index contributed by atoms with van der Waals surface area (Å²) >= 11 is 0. The number of anilines is 2. The van der Waals surface area contributed by atoms with Gasteiger partial charge in [0, 0.05) is 30.9 Å². The van der Waals surface area contributed by atoms with E-state index in [1.54, 1.807) is 12.1 Å². The Balaban J connectivity index is 1.75. The Hall–Kier alpha value is -2.39. The molecular formula is C17H19FN4O3S. The maximum Gasteiger partial charge on any atom is 0.211 e. The molecule has 0 amide bonds. The molecule has 3 rings (SSSR count). The summed E-state index contributed by atoms with van der Waals surface area (Å²) in [4.78, 5) is 20.9. The van der Waals surface area contributed by atoms with Crippen molar-refractivity contribution in [2.75, 3.05) is 24.7 Å². The Bertz CT molecular complexity index is 894. The van der Waals surface area contributed by atoms with E-state index in [1.165, 1.54) is 35.2 Å². The minimum absolute atomic E-state index is 0.122. The molecule has 2 aromatic rings. The molecule has 0 aliphatic carbocycles. The van der Waals surface area contributed by atoms with Crippen LogP contribution in [0, 0.1) is 11.7 Å². The standard InChI is InChI=1S/C17H19FN4O3S/c1-26(24,25)22-8-6-12(7-9-22)16(23)15-10-19-11-20-17(15)21-14-4-2-13(18)3-5-14/h2-5,10-12H,6-9H2,1H3,(H,19,20,21). The number of benzene rings is 1. The van der Waals surface area contributed by atoms with Gasteiger partial charge >= 0.3 is 0 Å². The molecule has 1 aliphatic heterocycles. The van der Waals surface area contributed by atoms with Crippen LogP contribution in [0.3, 0.4) is 0 Å². The van der Waals surface area contributed by atoms with Gasteiger partial charge < -0.3 is 5.32 Å². The molecule has 1 aromatic heterocycles. The highest BCUT2D eigenvalue weighted by molar-refractivity contribution is 7.88. The Labute approximate surface area is 151 Å². The van der Waals surface area contributed by atoms with Crippen LogP contribution in [-0.2, 0) is 10.0 Å². The summed E-state index contributed by atoms with van der Waals surface area (Å²) in [5, 5.41) is 3.01. The first kappa shape index (κ1) is 18.4. The molecule has 1 saturated heterocycles. The largest absolute Gasteiger partial charge is 0.340 e. The van der Waals surface area contributed by atoms with E-state index in [9.17, 15) is 17.6 Å². The molecule has 1 aromatic carbocycles. The van der Waals surface area contributed by atoms with Crippen molar-refractivity contribution < 1.29 is 17.6 Å². The predicted molar refractivity (Wildman–Crippen MR) is 95.2 cm³/mol. The highest BCUT2D eigenvalue weighted by atomic mass is 32.2. The highest BCUT2D eigenvalue weighted by Crippen LogP contribution is 2.26. The van der Waals surface area contributed by atoms with Gasteiger partial charge in [-0.05, 0) is 37.1 Å². The lowest BCUT2D eigenvalue weighted by atomic mass is 9.90. The molecule has 0 bridgehead atoms. The molecule has 7 nitrogen and oxygen atoms in total. The second-order valence-electron chi connectivity index (χ2n) is 6.22. The minimum Gasteiger partial charge on any atom is -0.340 e. The SMILES string of the molecule is CS(=O)(=O)N1CCC(C(=O)c2cncnc2Nc2ccc(F)cc2)CC1. The van der Waals surface area contributed by atoms with Gasteiger partial charge in [-0.2, -0.15) is 0 Å². The van der Waals surface area contributed by atoms with E-state index < -0.39 is 10.0 Å². The summed E-state index contributed by atoms with van der Waals surface area (Å²) in [5.74, 6) is -0.412. The number of hydrogen-bond acceptors (Lipinski definition) is 6. The molecule has 1 aliphatic rings. The lowest BCUT2D eigenvalue weighted by Gasteiger charge is -2.29. The first-order valence-corrected chi connectivity index (χ1v) is 10.0. The normalized spacial score (nSPS) is 16.4. The summed E-state index contributed by atoms with van der Waals surface area (Å²) in [6, 6.07) is 5.73. The van der Waals surface area contributed by atoms with Crippen LogP contribution in [-0.4, -0.2) is 47.8 Å². The topological polar surface area (TPSA) is 92.3 Å². The molecule has 1 fully saturated rings. The molecule has 9 heteroatoms. The molecule has 2 heterocycles. The van der Waals surface area contributed by atoms with Gasteiger partial charge in [0.25, 0.3) is 0 Å². The third kappa shape index (κ3) is 4.23. The quantitative estimate of drug-likeness (QED) is 0.802. The minimum atomic E-state index is -3.24. The van der Waals surface area contributed by atoms with Crippen LogP contribution in [0.1, 0.15) is 23.2 Å². The average Bonchev–Trinajstić information content (AvgIpc) is 2.63. The Kier molecular flexibility index (Phi) is 5.28. The number of carbonyl (C=O) groups is 1. The van der Waals surface area contributed by atoms with Crippen molar-refractivity contribution in [1.29, 1.82) is 0 Å². The van der Waals surface area contributed by atoms with Crippen molar-refractivity contribution in [3.63, 3.8) is 0 Å². The number of rotatable bonds is 5. The molecule has 138 valence electrons. The van der Waals surface area contributed by atoms with Crippen LogP contribution < -0.4 is 5.32 Å². The molecular weight excluding hydrogens is 359 g/mol. The van der Waals surface area contributed by atoms with E-state index in [4.69, 9.17) is 0 Å². The van der Waals surface area contributed by atoms with Gasteiger partial charge in [0.15, 0.2) is 5.78 Å². The molecule has 0 saturated carbocycles. The van der Waals surface area contributed by atoms with E-state index in [-0.39, 0.29) is 17.5 Å². The third-order valence-corrected chi connectivity index (χ3v) is 5.68. The average molecular weight is 378 g/mol. The smallest absolute Gasteiger partial charge is 0.211 e. The number of nitrogens with one attached hydrogen (secondary N) is 1. The fourth-order valence-electron chi connectivity index (χ4n) is 2.95. The first-order valence-electron chi connectivity index (χ1n) is 8.16. The van der Waals surface area contributed by atoms with Gasteiger partial charge in [0.1, 0.15) is 18.0 Å². The van der Waals surface area contributed by atoms with Gasteiger partial charge in [-0.15, -0.1) is 0 Å². The second-order valence-corrected chi connectivity index (χ2v) is 8.20. The number of hydrogen-bond donors (Lipinski definition) is 1. The van der Waals surface area contributed by atoms with Crippen molar-refractivity contribution in [3.05, 3.63) is 48.2 Å². The summed E-state index contributed by atoms with van der Waals surface area (Å²) in [7, 11) is -3.24. The maximum atomic E-state index is 13.0. The lowest BCUT2D eigenvalue weighted by Crippen LogP contribution is -2.39. The summed E-state index contributed by atoms with van der Waals surface area (Å²) < 4.78 is 37.6. The Morgan fingerprint density at radius 3 is 2.50 bits per heavy atom. The van der Waals surface area contributed by atoms with Gasteiger partial charge in [0.05, 0.1) is 11.8 Å². The highest BCUT2D eigenvalue weighted by Gasteiger charge is 2.30. The molecule has 0 atom stereocenters. The van der Waals surface area contributed by atoms with E-state index in [0.717, 1.165) is 0 Å². The lowest BCUT2D eigenvalue weighted by molar-refractivity contribution is 0.0875. The van der Waals surface area contributed by atoms with Gasteiger partial charge in [-0.1, -0.05) is 0 Å². The van der Waals surface area contributed by atoms with Crippen molar-refractivity contribution in [3.8, 4) is 0 Å². The van der Waals surface area contributed by atoms with Crippen molar-refractivity contribution in [2.24, 2.45) is 5.92 Å². The first-order chi connectivity index (χ1) is 12.3. The second kappa shape index (κ2) is 7.46. The fourth-order valence-corrected chi connectivity index (χ4v) is 3.82. The zero-order valence-corrected chi connectivity index (χ0v) is 15.0. The molecule has 1 N–H and O–H groups in total. The Morgan fingerprint density at radius 2 is 1.88 bits per heavy atom. The monoisotopic (exact) mass is 378 g/mol. The number of carbonyl (C=O) groups excluding carboxylic acids is 1. The van der Waals surface area contributed by atoms with Crippen LogP contribution >= 0.6 is 0 Å². The van der Waals surface area contributed by atoms with E-state index in [1.807, 2.05) is 0 Å². The van der Waals surface area contributed by atoms with Gasteiger partial charge in [0.2, 0.25) is 10.0 Å². The van der Waals surface area contributed by atoms with Crippen LogP contribution in [0.25, 0.3) is 0 Å². The molecule has 0 unspecified atom stereocenters. The number of ketones is 1. The number of sulfonamides is 1. The summed E-state index contributed by atoms with van der Waals surface area (Å²) in [6.45, 7) is 0.646. The van der Waals surface area contributed by atoms with Crippen molar-refractivity contribution >= 4 is 27.3 Å². The van der Waals surface area contributed by atoms with Gasteiger partial charge in [-0.25, -0.2) is 27.1 Å². The zero-order chi connectivity index (χ0) is 18.7. The van der Waals surface area contributed by atoms with Crippen LogP contribution in [0.15, 0.2) is 36.8 Å². The third-order valence-electron chi connectivity index (χ3n) is 4.38.